The Morgan fingerprint density at radius 1 is 1.33 bits per heavy atom. The normalized spacial score (nSPS) is 15.9. The summed E-state index contributed by atoms with van der Waals surface area (Å²) in [5, 5.41) is 0. The van der Waals surface area contributed by atoms with Crippen LogP contribution in [0, 0.1) is 17.3 Å². The molecule has 0 aliphatic heterocycles. The average molecular weight is 204 g/mol. The van der Waals surface area contributed by atoms with Crippen molar-refractivity contribution in [1.82, 2.24) is 0 Å². The predicted octanol–water partition coefficient (Wildman–Crippen LogP) is 3.50. The molecule has 1 aliphatic carbocycles. The van der Waals surface area contributed by atoms with Crippen LogP contribution in [-0.4, -0.2) is 5.78 Å². The van der Waals surface area contributed by atoms with Crippen LogP contribution < -0.4 is 0 Å². The molecule has 0 unspecified atom stereocenters. The SMILES string of the molecule is CC(C)(C)C#CCCCC1=CC(=O)CC1. The number of carbonyl (C=O) groups excluding carboxylic acids is 1. The highest BCUT2D eigenvalue weighted by Crippen LogP contribution is 2.20. The van der Waals surface area contributed by atoms with Crippen LogP contribution in [0.15, 0.2) is 11.6 Å². The molecule has 0 atom stereocenters. The molecule has 0 amide bonds. The van der Waals surface area contributed by atoms with Crippen molar-refractivity contribution in [3.8, 4) is 11.8 Å². The molecular formula is C14H20O. The first-order valence-corrected chi connectivity index (χ1v) is 5.70. The van der Waals surface area contributed by atoms with Gasteiger partial charge < -0.3 is 0 Å². The molecule has 1 rings (SSSR count). The molecule has 1 heteroatoms. The van der Waals surface area contributed by atoms with Crippen molar-refractivity contribution < 1.29 is 4.79 Å². The van der Waals surface area contributed by atoms with Crippen LogP contribution in [0.4, 0.5) is 0 Å². The Morgan fingerprint density at radius 3 is 2.60 bits per heavy atom. The van der Waals surface area contributed by atoms with Gasteiger partial charge in [0.05, 0.1) is 0 Å². The minimum absolute atomic E-state index is 0.114. The fourth-order valence-electron chi connectivity index (χ4n) is 1.58. The summed E-state index contributed by atoms with van der Waals surface area (Å²) in [4.78, 5) is 11.0. The highest BCUT2D eigenvalue weighted by atomic mass is 16.1. The number of hydrogen-bond donors (Lipinski definition) is 0. The van der Waals surface area contributed by atoms with E-state index < -0.39 is 0 Å². The number of rotatable bonds is 3. The van der Waals surface area contributed by atoms with Crippen molar-refractivity contribution in [1.29, 1.82) is 0 Å². The maximum absolute atomic E-state index is 11.0. The van der Waals surface area contributed by atoms with Crippen molar-refractivity contribution in [2.24, 2.45) is 5.41 Å². The van der Waals surface area contributed by atoms with Gasteiger partial charge in [-0.25, -0.2) is 0 Å². The first-order valence-electron chi connectivity index (χ1n) is 5.70. The van der Waals surface area contributed by atoms with Crippen LogP contribution >= 0.6 is 0 Å². The molecule has 0 fully saturated rings. The van der Waals surface area contributed by atoms with Gasteiger partial charge in [0.2, 0.25) is 0 Å². The largest absolute Gasteiger partial charge is 0.295 e. The van der Waals surface area contributed by atoms with Crippen molar-refractivity contribution in [3.05, 3.63) is 11.6 Å². The highest BCUT2D eigenvalue weighted by Gasteiger charge is 2.10. The summed E-state index contributed by atoms with van der Waals surface area (Å²) in [6.07, 6.45) is 6.60. The fraction of sp³-hybridized carbons (Fsp3) is 0.643. The summed E-state index contributed by atoms with van der Waals surface area (Å²) in [5.41, 5.74) is 1.43. The summed E-state index contributed by atoms with van der Waals surface area (Å²) < 4.78 is 0. The molecular weight excluding hydrogens is 184 g/mol. The standard InChI is InChI=1S/C14H20O/c1-14(2,3)10-6-4-5-7-12-8-9-13(15)11-12/h11H,4-5,7-9H2,1-3H3. The van der Waals surface area contributed by atoms with Crippen LogP contribution in [0.3, 0.4) is 0 Å². The molecule has 0 radical (unpaired) electrons. The van der Waals surface area contributed by atoms with E-state index in [1.165, 1.54) is 5.57 Å². The number of allylic oxidation sites excluding steroid dienone is 2. The summed E-state index contributed by atoms with van der Waals surface area (Å²) in [6, 6.07) is 0. The molecule has 0 saturated heterocycles. The zero-order chi connectivity index (χ0) is 11.3. The van der Waals surface area contributed by atoms with Crippen LogP contribution in [0.5, 0.6) is 0 Å². The molecule has 0 bridgehead atoms. The van der Waals surface area contributed by atoms with E-state index in [2.05, 4.69) is 32.6 Å². The van der Waals surface area contributed by atoms with Gasteiger partial charge in [0, 0.05) is 18.3 Å². The van der Waals surface area contributed by atoms with Gasteiger partial charge >= 0.3 is 0 Å². The minimum atomic E-state index is 0.114. The van der Waals surface area contributed by atoms with E-state index in [1.54, 1.807) is 0 Å². The Morgan fingerprint density at radius 2 is 2.07 bits per heavy atom. The van der Waals surface area contributed by atoms with Crippen LogP contribution in [0.1, 0.15) is 52.9 Å². The third-order valence-corrected chi connectivity index (χ3v) is 2.32. The van der Waals surface area contributed by atoms with E-state index in [-0.39, 0.29) is 5.41 Å². The molecule has 0 aromatic carbocycles. The third-order valence-electron chi connectivity index (χ3n) is 2.32. The topological polar surface area (TPSA) is 17.1 Å². The van der Waals surface area contributed by atoms with E-state index in [0.717, 1.165) is 32.1 Å². The minimum Gasteiger partial charge on any atom is -0.295 e. The first-order chi connectivity index (χ1) is 6.97. The highest BCUT2D eigenvalue weighted by molar-refractivity contribution is 5.92. The summed E-state index contributed by atoms with van der Waals surface area (Å²) in [7, 11) is 0. The Balaban J connectivity index is 2.19. The van der Waals surface area contributed by atoms with Gasteiger partial charge in [-0.15, -0.1) is 5.92 Å². The van der Waals surface area contributed by atoms with Crippen molar-refractivity contribution in [2.75, 3.05) is 0 Å². The van der Waals surface area contributed by atoms with E-state index >= 15 is 0 Å². The van der Waals surface area contributed by atoms with Crippen molar-refractivity contribution in [3.63, 3.8) is 0 Å². The second-order valence-corrected chi connectivity index (χ2v) is 5.17. The van der Waals surface area contributed by atoms with E-state index in [0.29, 0.717) is 5.78 Å². The molecule has 0 spiro atoms. The van der Waals surface area contributed by atoms with Gasteiger partial charge in [-0.1, -0.05) is 11.5 Å². The molecule has 0 N–H and O–H groups in total. The Kier molecular flexibility index (Phi) is 4.15. The molecule has 15 heavy (non-hydrogen) atoms. The lowest BCUT2D eigenvalue weighted by molar-refractivity contribution is -0.114. The monoisotopic (exact) mass is 204 g/mol. The van der Waals surface area contributed by atoms with Gasteiger partial charge in [0.1, 0.15) is 0 Å². The Labute approximate surface area is 92.9 Å². The van der Waals surface area contributed by atoms with Crippen LogP contribution in [0.25, 0.3) is 0 Å². The second-order valence-electron chi connectivity index (χ2n) is 5.17. The number of ketones is 1. The summed E-state index contributed by atoms with van der Waals surface area (Å²) >= 11 is 0. The van der Waals surface area contributed by atoms with E-state index in [9.17, 15) is 4.79 Å². The van der Waals surface area contributed by atoms with Crippen molar-refractivity contribution in [2.45, 2.75) is 52.9 Å². The average Bonchev–Trinajstić information content (AvgIpc) is 2.49. The maximum atomic E-state index is 11.0. The lowest BCUT2D eigenvalue weighted by atomic mass is 9.97. The smallest absolute Gasteiger partial charge is 0.155 e. The van der Waals surface area contributed by atoms with E-state index in [4.69, 9.17) is 0 Å². The van der Waals surface area contributed by atoms with Gasteiger partial charge in [-0.2, -0.15) is 0 Å². The molecule has 0 aromatic rings. The molecule has 1 aliphatic rings. The Hall–Kier alpha value is -1.03. The third kappa shape index (κ3) is 5.42. The summed E-state index contributed by atoms with van der Waals surface area (Å²) in [5.74, 6) is 6.71. The van der Waals surface area contributed by atoms with Gasteiger partial charge in [-0.05, 0) is 46.1 Å². The number of hydrogen-bond acceptors (Lipinski definition) is 1. The molecule has 0 heterocycles. The van der Waals surface area contributed by atoms with E-state index in [1.807, 2.05) is 6.08 Å². The lowest BCUT2D eigenvalue weighted by Gasteiger charge is -2.06. The first kappa shape index (κ1) is 12.0. The Bertz CT molecular complexity index is 317. The zero-order valence-electron chi connectivity index (χ0n) is 10.0. The van der Waals surface area contributed by atoms with Crippen molar-refractivity contribution >= 4 is 5.78 Å². The van der Waals surface area contributed by atoms with Crippen LogP contribution in [-0.2, 0) is 4.79 Å². The quantitative estimate of drug-likeness (QED) is 0.508. The van der Waals surface area contributed by atoms with Gasteiger partial charge in [-0.3, -0.25) is 4.79 Å². The maximum Gasteiger partial charge on any atom is 0.155 e. The van der Waals surface area contributed by atoms with Gasteiger partial charge in [0.25, 0.3) is 0 Å². The predicted molar refractivity (Wildman–Crippen MR) is 63.4 cm³/mol. The fourth-order valence-corrected chi connectivity index (χ4v) is 1.58. The molecule has 0 saturated carbocycles. The van der Waals surface area contributed by atoms with Gasteiger partial charge in [0.15, 0.2) is 5.78 Å². The lowest BCUT2D eigenvalue weighted by Crippen LogP contribution is -1.99. The summed E-state index contributed by atoms with van der Waals surface area (Å²) in [6.45, 7) is 6.37. The molecule has 82 valence electrons. The number of carbonyl (C=O) groups is 1. The number of unbranched alkanes of at least 4 members (excludes halogenated alkanes) is 1. The zero-order valence-corrected chi connectivity index (χ0v) is 10.0. The molecule has 0 aromatic heterocycles. The second kappa shape index (κ2) is 5.16. The molecule has 1 nitrogen and oxygen atoms in total. The van der Waals surface area contributed by atoms with Crippen LogP contribution in [0.2, 0.25) is 0 Å².